The van der Waals surface area contributed by atoms with Crippen LogP contribution >= 0.6 is 12.4 Å². The molecule has 0 unspecified atom stereocenters. The average molecular weight is 488 g/mol. The highest BCUT2D eigenvalue weighted by molar-refractivity contribution is 6.03. The molecule has 1 aliphatic rings. The molecule has 1 amide bonds. The molecule has 4 aromatic carbocycles. The smallest absolute Gasteiger partial charge is 0.251 e. The number of piperazine rings is 1. The van der Waals surface area contributed by atoms with Gasteiger partial charge in [-0.15, -0.1) is 12.4 Å². The summed E-state index contributed by atoms with van der Waals surface area (Å²) in [5, 5.41) is 7.81. The van der Waals surface area contributed by atoms with E-state index in [0.29, 0.717) is 0 Å². The summed E-state index contributed by atoms with van der Waals surface area (Å²) in [6.45, 7) is 8.38. The van der Waals surface area contributed by atoms with Crippen molar-refractivity contribution in [3.63, 3.8) is 0 Å². The van der Waals surface area contributed by atoms with Gasteiger partial charge in [0.25, 0.3) is 5.91 Å². The van der Waals surface area contributed by atoms with Crippen LogP contribution in [0.1, 0.15) is 28.8 Å². The number of para-hydroxylation sites is 1. The summed E-state index contributed by atoms with van der Waals surface area (Å²) in [5.41, 5.74) is 3.45. The van der Waals surface area contributed by atoms with E-state index >= 15 is 0 Å². The van der Waals surface area contributed by atoms with Crippen molar-refractivity contribution in [2.75, 3.05) is 44.2 Å². The number of carbonyl (C=O) groups is 1. The Morgan fingerprint density at radius 3 is 2.17 bits per heavy atom. The average Bonchev–Trinajstić information content (AvgIpc) is 2.87. The van der Waals surface area contributed by atoms with E-state index in [4.69, 9.17) is 0 Å². The molecule has 1 saturated heterocycles. The number of benzene rings is 4. The first-order valence-corrected chi connectivity index (χ1v) is 12.4. The van der Waals surface area contributed by atoms with Gasteiger partial charge in [-0.3, -0.25) is 9.69 Å². The molecule has 1 N–H and O–H groups in total. The van der Waals surface area contributed by atoms with Crippen LogP contribution < -0.4 is 10.2 Å². The van der Waals surface area contributed by atoms with E-state index in [2.05, 4.69) is 82.7 Å². The number of anilines is 1. The van der Waals surface area contributed by atoms with Crippen LogP contribution in [-0.4, -0.2) is 50.1 Å². The summed E-state index contributed by atoms with van der Waals surface area (Å²) in [7, 11) is 0. The van der Waals surface area contributed by atoms with Gasteiger partial charge >= 0.3 is 0 Å². The van der Waals surface area contributed by atoms with Crippen molar-refractivity contribution in [1.82, 2.24) is 10.2 Å². The number of halogens is 1. The Labute approximate surface area is 214 Å². The number of hydrogen-bond acceptors (Lipinski definition) is 3. The summed E-state index contributed by atoms with van der Waals surface area (Å²) in [4.78, 5) is 17.7. The van der Waals surface area contributed by atoms with Crippen molar-refractivity contribution in [2.45, 2.75) is 19.8 Å². The van der Waals surface area contributed by atoms with E-state index in [9.17, 15) is 4.79 Å². The molecular formula is C30H34ClN3O. The quantitative estimate of drug-likeness (QED) is 0.254. The summed E-state index contributed by atoms with van der Waals surface area (Å²) < 4.78 is 0. The Morgan fingerprint density at radius 1 is 0.771 bits per heavy atom. The topological polar surface area (TPSA) is 35.6 Å². The zero-order chi connectivity index (χ0) is 23.3. The van der Waals surface area contributed by atoms with E-state index in [1.54, 1.807) is 0 Å². The van der Waals surface area contributed by atoms with Crippen molar-refractivity contribution in [3.05, 3.63) is 90.0 Å². The number of nitrogens with one attached hydrogen (secondary N) is 1. The molecule has 4 aromatic rings. The van der Waals surface area contributed by atoms with Crippen LogP contribution in [-0.2, 0) is 0 Å². The van der Waals surface area contributed by atoms with Crippen molar-refractivity contribution in [3.8, 4) is 0 Å². The minimum absolute atomic E-state index is 0. The van der Waals surface area contributed by atoms with Gasteiger partial charge in [0.05, 0.1) is 0 Å². The lowest BCUT2D eigenvalue weighted by molar-refractivity contribution is 0.0952. The molecule has 4 nitrogen and oxygen atoms in total. The lowest BCUT2D eigenvalue weighted by Gasteiger charge is -2.36. The van der Waals surface area contributed by atoms with Gasteiger partial charge in [0.2, 0.25) is 0 Å². The second-order valence-corrected chi connectivity index (χ2v) is 9.34. The maximum Gasteiger partial charge on any atom is 0.251 e. The van der Waals surface area contributed by atoms with E-state index in [0.717, 1.165) is 68.4 Å². The molecule has 1 aliphatic heterocycles. The molecule has 0 spiro atoms. The van der Waals surface area contributed by atoms with E-state index in [1.807, 2.05) is 18.2 Å². The summed E-state index contributed by atoms with van der Waals surface area (Å²) in [5.74, 6) is 0.0157. The molecule has 1 heterocycles. The maximum absolute atomic E-state index is 12.7. The Bertz CT molecular complexity index is 1300. The summed E-state index contributed by atoms with van der Waals surface area (Å²) in [6, 6.07) is 27.3. The molecular weight excluding hydrogens is 454 g/mol. The molecule has 1 fully saturated rings. The lowest BCUT2D eigenvalue weighted by atomic mass is 10.0. The van der Waals surface area contributed by atoms with E-state index in [1.165, 1.54) is 22.0 Å². The third-order valence-corrected chi connectivity index (χ3v) is 6.98. The van der Waals surface area contributed by atoms with Crippen LogP contribution in [0.5, 0.6) is 0 Å². The van der Waals surface area contributed by atoms with Gasteiger partial charge in [0, 0.05) is 44.0 Å². The van der Waals surface area contributed by atoms with Crippen molar-refractivity contribution >= 4 is 45.5 Å². The van der Waals surface area contributed by atoms with Crippen LogP contribution in [0.2, 0.25) is 0 Å². The molecule has 0 aliphatic carbocycles. The minimum Gasteiger partial charge on any atom is -0.369 e. The normalized spacial score (nSPS) is 14.1. The van der Waals surface area contributed by atoms with Crippen LogP contribution in [0.4, 0.5) is 5.69 Å². The SMILES string of the molecule is Cc1ccccc1N1CCN(CCCCNC(=O)c2ccc3cc4ccccc4cc3c2)CC1.Cl. The first-order valence-electron chi connectivity index (χ1n) is 12.4. The van der Waals surface area contributed by atoms with E-state index < -0.39 is 0 Å². The molecule has 0 saturated carbocycles. The molecule has 0 atom stereocenters. The molecule has 5 heteroatoms. The fraction of sp³-hybridized carbons (Fsp3) is 0.300. The largest absolute Gasteiger partial charge is 0.369 e. The van der Waals surface area contributed by atoms with Crippen LogP contribution in [0.25, 0.3) is 21.5 Å². The van der Waals surface area contributed by atoms with Gasteiger partial charge in [-0.25, -0.2) is 0 Å². The second-order valence-electron chi connectivity index (χ2n) is 9.34. The number of amides is 1. The van der Waals surface area contributed by atoms with Gasteiger partial charge in [-0.1, -0.05) is 48.5 Å². The predicted octanol–water partition coefficient (Wildman–Crippen LogP) is 6.06. The predicted molar refractivity (Wildman–Crippen MR) is 150 cm³/mol. The zero-order valence-electron chi connectivity index (χ0n) is 20.4. The molecule has 182 valence electrons. The monoisotopic (exact) mass is 487 g/mol. The van der Waals surface area contributed by atoms with Crippen LogP contribution in [0.15, 0.2) is 78.9 Å². The Kier molecular flexibility index (Phi) is 8.27. The standard InChI is InChI=1S/C30H33N3O.ClH/c1-23-8-2-5-11-29(23)33-18-16-32(17-19-33)15-7-6-14-31-30(34)27-13-12-26-20-24-9-3-4-10-25(24)21-28(26)22-27;/h2-5,8-13,20-22H,6-7,14-19H2,1H3,(H,31,34);1H. The van der Waals surface area contributed by atoms with E-state index in [-0.39, 0.29) is 18.3 Å². The van der Waals surface area contributed by atoms with Gasteiger partial charge in [0.15, 0.2) is 0 Å². The fourth-order valence-corrected chi connectivity index (χ4v) is 4.98. The highest BCUT2D eigenvalue weighted by Crippen LogP contribution is 2.24. The minimum atomic E-state index is 0. The van der Waals surface area contributed by atoms with Crippen molar-refractivity contribution in [1.29, 1.82) is 0 Å². The number of fused-ring (bicyclic) bond motifs is 2. The third-order valence-electron chi connectivity index (χ3n) is 6.98. The van der Waals surface area contributed by atoms with Crippen LogP contribution in [0, 0.1) is 6.92 Å². The first kappa shape index (κ1) is 25.0. The molecule has 0 bridgehead atoms. The maximum atomic E-state index is 12.7. The highest BCUT2D eigenvalue weighted by atomic mass is 35.5. The molecule has 0 radical (unpaired) electrons. The highest BCUT2D eigenvalue weighted by Gasteiger charge is 2.17. The van der Waals surface area contributed by atoms with Gasteiger partial charge in [0.1, 0.15) is 0 Å². The Balaban J connectivity index is 0.00000289. The molecule has 0 aromatic heterocycles. The Morgan fingerprint density at radius 2 is 1.43 bits per heavy atom. The third kappa shape index (κ3) is 5.95. The first-order chi connectivity index (χ1) is 16.7. The van der Waals surface area contributed by atoms with Crippen molar-refractivity contribution in [2.24, 2.45) is 0 Å². The van der Waals surface area contributed by atoms with Gasteiger partial charge < -0.3 is 10.2 Å². The number of unbranched alkanes of at least 4 members (excludes halogenated alkanes) is 1. The Hall–Kier alpha value is -3.08. The second kappa shape index (κ2) is 11.6. The fourth-order valence-electron chi connectivity index (χ4n) is 4.98. The number of hydrogen-bond donors (Lipinski definition) is 1. The lowest BCUT2D eigenvalue weighted by Crippen LogP contribution is -2.46. The number of carbonyl (C=O) groups excluding carboxylic acids is 1. The van der Waals surface area contributed by atoms with Gasteiger partial charge in [-0.2, -0.15) is 0 Å². The van der Waals surface area contributed by atoms with Crippen LogP contribution in [0.3, 0.4) is 0 Å². The summed E-state index contributed by atoms with van der Waals surface area (Å²) >= 11 is 0. The van der Waals surface area contributed by atoms with Crippen molar-refractivity contribution < 1.29 is 4.79 Å². The number of nitrogens with zero attached hydrogens (tertiary/aromatic N) is 2. The molecule has 35 heavy (non-hydrogen) atoms. The molecule has 5 rings (SSSR count). The summed E-state index contributed by atoms with van der Waals surface area (Å²) in [6.07, 6.45) is 2.11. The number of aryl methyl sites for hydroxylation is 1. The zero-order valence-corrected chi connectivity index (χ0v) is 21.2. The van der Waals surface area contributed by atoms with Gasteiger partial charge in [-0.05, 0) is 83.8 Å². The number of rotatable bonds is 7.